The summed E-state index contributed by atoms with van der Waals surface area (Å²) in [7, 11) is -3.47. The molecule has 1 N–H and O–H groups in total. The standard InChI is InChI=1S/C14H20NO4PS/c1-4-10-7-8-12-11(9-10)15-13(16)14(21-12)20(17,18-5-2)19-6-3/h7-9,14H,4-6H2,1-3H3,(H,15,16). The Hall–Kier alpha value is -0.810. The van der Waals surface area contributed by atoms with Crippen LogP contribution < -0.4 is 5.32 Å². The maximum atomic E-state index is 12.8. The molecule has 5 nitrogen and oxygen atoms in total. The molecular formula is C14H20NO4PS. The van der Waals surface area contributed by atoms with Crippen molar-refractivity contribution in [2.75, 3.05) is 18.5 Å². The second-order valence-corrected chi connectivity index (χ2v) is 8.13. The molecule has 0 radical (unpaired) electrons. The smallest absolute Gasteiger partial charge is 0.324 e. The molecule has 116 valence electrons. The Labute approximate surface area is 129 Å². The average molecular weight is 329 g/mol. The average Bonchev–Trinajstić information content (AvgIpc) is 2.46. The van der Waals surface area contributed by atoms with Crippen molar-refractivity contribution >= 4 is 31.0 Å². The summed E-state index contributed by atoms with van der Waals surface area (Å²) in [5.74, 6) is -0.328. The highest BCUT2D eigenvalue weighted by atomic mass is 32.2. The lowest BCUT2D eigenvalue weighted by atomic mass is 10.1. The first-order chi connectivity index (χ1) is 10.0. The molecule has 0 saturated heterocycles. The molecule has 1 amide bonds. The fourth-order valence-corrected chi connectivity index (χ4v) is 5.54. The number of rotatable bonds is 6. The topological polar surface area (TPSA) is 64.6 Å². The summed E-state index contributed by atoms with van der Waals surface area (Å²) in [6.45, 7) is 6.00. The van der Waals surface area contributed by atoms with Gasteiger partial charge in [0.25, 0.3) is 0 Å². The molecule has 0 spiro atoms. The van der Waals surface area contributed by atoms with Crippen molar-refractivity contribution in [3.63, 3.8) is 0 Å². The van der Waals surface area contributed by atoms with Crippen LogP contribution in [0.2, 0.25) is 0 Å². The minimum atomic E-state index is -3.47. The van der Waals surface area contributed by atoms with E-state index < -0.39 is 12.6 Å². The van der Waals surface area contributed by atoms with Gasteiger partial charge in [0.1, 0.15) is 0 Å². The number of amides is 1. The predicted octanol–water partition coefficient (Wildman–Crippen LogP) is 3.89. The zero-order valence-corrected chi connectivity index (χ0v) is 14.1. The molecule has 0 aromatic heterocycles. The molecule has 21 heavy (non-hydrogen) atoms. The van der Waals surface area contributed by atoms with Crippen molar-refractivity contribution < 1.29 is 18.4 Å². The number of fused-ring (bicyclic) bond motifs is 1. The molecule has 2 rings (SSSR count). The third-order valence-corrected chi connectivity index (χ3v) is 7.26. The van der Waals surface area contributed by atoms with Gasteiger partial charge < -0.3 is 14.4 Å². The summed E-state index contributed by atoms with van der Waals surface area (Å²) in [5, 5.41) is 2.82. The molecule has 1 unspecified atom stereocenters. The second kappa shape index (κ2) is 6.97. The summed E-state index contributed by atoms with van der Waals surface area (Å²) in [6.07, 6.45) is 0.896. The highest BCUT2D eigenvalue weighted by Crippen LogP contribution is 2.60. The Kier molecular flexibility index (Phi) is 5.49. The van der Waals surface area contributed by atoms with Gasteiger partial charge in [0.2, 0.25) is 5.91 Å². The zero-order chi connectivity index (χ0) is 15.5. The molecular weight excluding hydrogens is 309 g/mol. The number of hydrogen-bond acceptors (Lipinski definition) is 5. The van der Waals surface area contributed by atoms with Gasteiger partial charge in [-0.2, -0.15) is 0 Å². The Balaban J connectivity index is 2.31. The lowest BCUT2D eigenvalue weighted by molar-refractivity contribution is -0.114. The van der Waals surface area contributed by atoms with Crippen molar-refractivity contribution in [2.24, 2.45) is 0 Å². The number of anilines is 1. The van der Waals surface area contributed by atoms with Gasteiger partial charge in [0.15, 0.2) is 4.99 Å². The normalized spacial score (nSPS) is 18.2. The first kappa shape index (κ1) is 16.6. The SMILES string of the molecule is CCOP(=O)(OCC)C1Sc2ccc(CC)cc2NC1=O. The van der Waals surface area contributed by atoms with Crippen molar-refractivity contribution in [3.05, 3.63) is 23.8 Å². The van der Waals surface area contributed by atoms with Crippen molar-refractivity contribution in [2.45, 2.75) is 37.1 Å². The number of carbonyl (C=O) groups is 1. The van der Waals surface area contributed by atoms with Gasteiger partial charge in [0, 0.05) is 4.90 Å². The zero-order valence-electron chi connectivity index (χ0n) is 12.4. The third kappa shape index (κ3) is 3.51. The molecule has 1 aromatic carbocycles. The van der Waals surface area contributed by atoms with E-state index in [0.29, 0.717) is 0 Å². The Morgan fingerprint density at radius 1 is 1.24 bits per heavy atom. The fourth-order valence-electron chi connectivity index (χ4n) is 2.11. The highest BCUT2D eigenvalue weighted by Gasteiger charge is 2.44. The maximum Gasteiger partial charge on any atom is 0.353 e. The lowest BCUT2D eigenvalue weighted by Crippen LogP contribution is -2.30. The van der Waals surface area contributed by atoms with Crippen molar-refractivity contribution in [1.29, 1.82) is 0 Å². The quantitative estimate of drug-likeness (QED) is 0.802. The minimum absolute atomic E-state index is 0.239. The first-order valence-corrected chi connectivity index (χ1v) is 9.52. The molecule has 0 fully saturated rings. The van der Waals surface area contributed by atoms with Crippen LogP contribution in [0.5, 0.6) is 0 Å². The molecule has 1 atom stereocenters. The maximum absolute atomic E-state index is 12.8. The molecule has 1 aliphatic rings. The Morgan fingerprint density at radius 3 is 2.48 bits per heavy atom. The summed E-state index contributed by atoms with van der Waals surface area (Å²) in [5.41, 5.74) is 1.91. The molecule has 1 heterocycles. The Morgan fingerprint density at radius 2 is 1.90 bits per heavy atom. The minimum Gasteiger partial charge on any atom is -0.324 e. The molecule has 0 saturated carbocycles. The van der Waals surface area contributed by atoms with Gasteiger partial charge in [-0.25, -0.2) is 0 Å². The summed E-state index contributed by atoms with van der Waals surface area (Å²) in [4.78, 5) is 12.3. The second-order valence-electron chi connectivity index (χ2n) is 4.52. The molecule has 7 heteroatoms. The van der Waals surface area contributed by atoms with Crippen LogP contribution in [-0.2, 0) is 24.8 Å². The predicted molar refractivity (Wildman–Crippen MR) is 85.0 cm³/mol. The van der Waals surface area contributed by atoms with Crippen LogP contribution in [0, 0.1) is 0 Å². The fraction of sp³-hybridized carbons (Fsp3) is 0.500. The number of hydrogen-bond donors (Lipinski definition) is 1. The van der Waals surface area contributed by atoms with E-state index in [-0.39, 0.29) is 19.1 Å². The molecule has 0 aliphatic carbocycles. The van der Waals surface area contributed by atoms with Gasteiger partial charge >= 0.3 is 7.60 Å². The van der Waals surface area contributed by atoms with Crippen LogP contribution in [0.1, 0.15) is 26.3 Å². The van der Waals surface area contributed by atoms with Gasteiger partial charge in [-0.15, -0.1) is 0 Å². The van der Waals surface area contributed by atoms with Gasteiger partial charge in [-0.1, -0.05) is 24.8 Å². The van der Waals surface area contributed by atoms with E-state index >= 15 is 0 Å². The Bertz CT molecular complexity index is 568. The largest absolute Gasteiger partial charge is 0.353 e. The summed E-state index contributed by atoms with van der Waals surface area (Å²) >= 11 is 1.25. The van der Waals surface area contributed by atoms with Crippen LogP contribution in [-0.4, -0.2) is 24.1 Å². The van der Waals surface area contributed by atoms with Crippen molar-refractivity contribution in [1.82, 2.24) is 0 Å². The van der Waals surface area contributed by atoms with E-state index in [1.807, 2.05) is 18.2 Å². The van der Waals surface area contributed by atoms with Gasteiger partial charge in [-0.3, -0.25) is 9.36 Å². The number of thioether (sulfide) groups is 1. The molecule has 1 aromatic rings. The third-order valence-electron chi connectivity index (χ3n) is 3.08. The molecule has 0 bridgehead atoms. The van der Waals surface area contributed by atoms with Gasteiger partial charge in [-0.05, 0) is 38.0 Å². The number of nitrogens with one attached hydrogen (secondary N) is 1. The van der Waals surface area contributed by atoms with Crippen LogP contribution >= 0.6 is 19.4 Å². The molecule has 1 aliphatic heterocycles. The summed E-state index contributed by atoms with van der Waals surface area (Å²) in [6, 6.07) is 5.89. The number of carbonyl (C=O) groups excluding carboxylic acids is 1. The number of benzene rings is 1. The van der Waals surface area contributed by atoms with E-state index in [4.69, 9.17) is 9.05 Å². The lowest BCUT2D eigenvalue weighted by Gasteiger charge is -2.29. The van der Waals surface area contributed by atoms with Crippen LogP contribution in [0.3, 0.4) is 0 Å². The van der Waals surface area contributed by atoms with E-state index in [0.717, 1.165) is 22.6 Å². The van der Waals surface area contributed by atoms with Crippen LogP contribution in [0.4, 0.5) is 5.69 Å². The van der Waals surface area contributed by atoms with Crippen molar-refractivity contribution in [3.8, 4) is 0 Å². The van der Waals surface area contributed by atoms with E-state index in [2.05, 4.69) is 12.2 Å². The number of aryl methyl sites for hydroxylation is 1. The van der Waals surface area contributed by atoms with Crippen LogP contribution in [0.15, 0.2) is 23.1 Å². The summed E-state index contributed by atoms with van der Waals surface area (Å²) < 4.78 is 23.4. The van der Waals surface area contributed by atoms with E-state index in [1.165, 1.54) is 11.8 Å². The van der Waals surface area contributed by atoms with Crippen LogP contribution in [0.25, 0.3) is 0 Å². The first-order valence-electron chi connectivity index (χ1n) is 7.03. The van der Waals surface area contributed by atoms with E-state index in [1.54, 1.807) is 13.8 Å². The highest BCUT2D eigenvalue weighted by molar-refractivity contribution is 8.06. The van der Waals surface area contributed by atoms with E-state index in [9.17, 15) is 9.36 Å². The van der Waals surface area contributed by atoms with Gasteiger partial charge in [0.05, 0.1) is 18.9 Å². The monoisotopic (exact) mass is 329 g/mol.